The molecule has 0 unspecified atom stereocenters. The maximum Gasteiger partial charge on any atom is 0.258 e. The van der Waals surface area contributed by atoms with Crippen molar-refractivity contribution in [3.8, 4) is 0 Å². The van der Waals surface area contributed by atoms with E-state index in [9.17, 15) is 4.79 Å². The third kappa shape index (κ3) is 1.80. The molecule has 0 fully saturated rings. The van der Waals surface area contributed by atoms with Crippen molar-refractivity contribution in [3.05, 3.63) is 42.0 Å². The number of fused-ring (bicyclic) bond motifs is 1. The van der Waals surface area contributed by atoms with Crippen molar-refractivity contribution in [1.82, 2.24) is 4.90 Å². The predicted octanol–water partition coefficient (Wildman–Crippen LogP) is 3.16. The van der Waals surface area contributed by atoms with Gasteiger partial charge in [-0.05, 0) is 13.0 Å². The molecule has 2 heteroatoms. The van der Waals surface area contributed by atoms with Crippen molar-refractivity contribution < 1.29 is 4.79 Å². The highest BCUT2D eigenvalue weighted by Crippen LogP contribution is 2.30. The van der Waals surface area contributed by atoms with Crippen molar-refractivity contribution >= 4 is 11.6 Å². The fraction of sp³-hybridized carbons (Fsp3) is 0.308. The first-order valence-corrected chi connectivity index (χ1v) is 5.36. The number of carbonyl (C=O) groups excluding carboxylic acids is 1. The Morgan fingerprint density at radius 2 is 1.73 bits per heavy atom. The molecular formula is C13H17NO. The van der Waals surface area contributed by atoms with Gasteiger partial charge in [0.25, 0.3) is 5.91 Å². The standard InChI is InChI=1S/C11H11NO.C2H6/c1-3-12-8(2)9-6-4-5-7-10(9)11(12)13;1-2/h4-7H,2-3H2,1H3;1-2H3. The minimum atomic E-state index is 0.0723. The van der Waals surface area contributed by atoms with Gasteiger partial charge in [-0.25, -0.2) is 0 Å². The maximum atomic E-state index is 11.7. The Bertz CT molecular complexity index is 347. The van der Waals surface area contributed by atoms with Gasteiger partial charge in [0.2, 0.25) is 0 Å². The molecule has 0 radical (unpaired) electrons. The second-order valence-corrected chi connectivity index (χ2v) is 3.04. The maximum absolute atomic E-state index is 11.7. The van der Waals surface area contributed by atoms with Crippen LogP contribution in [0.3, 0.4) is 0 Å². The third-order valence-corrected chi connectivity index (χ3v) is 2.36. The van der Waals surface area contributed by atoms with Crippen molar-refractivity contribution in [1.29, 1.82) is 0 Å². The van der Waals surface area contributed by atoms with E-state index >= 15 is 0 Å². The summed E-state index contributed by atoms with van der Waals surface area (Å²) in [6, 6.07) is 7.59. The van der Waals surface area contributed by atoms with E-state index in [1.165, 1.54) is 0 Å². The Balaban J connectivity index is 0.000000531. The summed E-state index contributed by atoms with van der Waals surface area (Å²) in [7, 11) is 0. The summed E-state index contributed by atoms with van der Waals surface area (Å²) in [4.78, 5) is 13.4. The fourth-order valence-corrected chi connectivity index (χ4v) is 1.67. The Kier molecular flexibility index (Phi) is 3.67. The lowest BCUT2D eigenvalue weighted by molar-refractivity contribution is 0.0856. The number of hydrogen-bond acceptors (Lipinski definition) is 1. The monoisotopic (exact) mass is 203 g/mol. The van der Waals surface area contributed by atoms with Crippen LogP contribution < -0.4 is 0 Å². The van der Waals surface area contributed by atoms with Crippen molar-refractivity contribution in [2.45, 2.75) is 20.8 Å². The van der Waals surface area contributed by atoms with Crippen LogP contribution in [-0.2, 0) is 0 Å². The molecule has 0 spiro atoms. The molecule has 0 saturated heterocycles. The van der Waals surface area contributed by atoms with Crippen LogP contribution in [0.2, 0.25) is 0 Å². The first-order chi connectivity index (χ1) is 7.25. The Morgan fingerprint density at radius 3 is 2.20 bits per heavy atom. The van der Waals surface area contributed by atoms with Crippen LogP contribution >= 0.6 is 0 Å². The first-order valence-electron chi connectivity index (χ1n) is 5.36. The predicted molar refractivity (Wildman–Crippen MR) is 63.5 cm³/mol. The van der Waals surface area contributed by atoms with Crippen LogP contribution in [0.1, 0.15) is 36.7 Å². The van der Waals surface area contributed by atoms with Gasteiger partial charge in [-0.2, -0.15) is 0 Å². The summed E-state index contributed by atoms with van der Waals surface area (Å²) >= 11 is 0. The summed E-state index contributed by atoms with van der Waals surface area (Å²) in [6.45, 7) is 10.5. The van der Waals surface area contributed by atoms with E-state index in [4.69, 9.17) is 0 Å². The highest BCUT2D eigenvalue weighted by Gasteiger charge is 2.28. The van der Waals surface area contributed by atoms with E-state index < -0.39 is 0 Å². The van der Waals surface area contributed by atoms with Crippen LogP contribution in [0, 0.1) is 0 Å². The number of amides is 1. The molecule has 1 aliphatic heterocycles. The lowest BCUT2D eigenvalue weighted by Gasteiger charge is -2.13. The molecule has 80 valence electrons. The van der Waals surface area contributed by atoms with Crippen molar-refractivity contribution in [2.75, 3.05) is 6.54 Å². The van der Waals surface area contributed by atoms with Gasteiger partial charge in [0.15, 0.2) is 0 Å². The lowest BCUT2D eigenvalue weighted by Crippen LogP contribution is -2.21. The van der Waals surface area contributed by atoms with Gasteiger partial charge in [-0.3, -0.25) is 4.79 Å². The van der Waals surface area contributed by atoms with Gasteiger partial charge in [0, 0.05) is 23.4 Å². The minimum absolute atomic E-state index is 0.0723. The highest BCUT2D eigenvalue weighted by molar-refractivity contribution is 6.08. The molecule has 1 aliphatic rings. The zero-order valence-electron chi connectivity index (χ0n) is 9.58. The fourth-order valence-electron chi connectivity index (χ4n) is 1.67. The molecule has 1 aromatic rings. The number of hydrogen-bond donors (Lipinski definition) is 0. The van der Waals surface area contributed by atoms with Gasteiger partial charge in [0.05, 0.1) is 0 Å². The highest BCUT2D eigenvalue weighted by atomic mass is 16.2. The van der Waals surface area contributed by atoms with Gasteiger partial charge >= 0.3 is 0 Å². The third-order valence-electron chi connectivity index (χ3n) is 2.36. The number of benzene rings is 1. The van der Waals surface area contributed by atoms with E-state index in [0.29, 0.717) is 6.54 Å². The Morgan fingerprint density at radius 1 is 1.20 bits per heavy atom. The Hall–Kier alpha value is -1.57. The van der Waals surface area contributed by atoms with Crippen LogP contribution in [0.25, 0.3) is 5.70 Å². The molecule has 0 aromatic heterocycles. The van der Waals surface area contributed by atoms with E-state index in [2.05, 4.69) is 6.58 Å². The average Bonchev–Trinajstić information content (AvgIpc) is 2.55. The van der Waals surface area contributed by atoms with Gasteiger partial charge in [-0.15, -0.1) is 0 Å². The quantitative estimate of drug-likeness (QED) is 0.686. The van der Waals surface area contributed by atoms with Gasteiger partial charge in [-0.1, -0.05) is 38.6 Å². The molecule has 0 N–H and O–H groups in total. The van der Waals surface area contributed by atoms with Crippen LogP contribution in [-0.4, -0.2) is 17.4 Å². The van der Waals surface area contributed by atoms with Gasteiger partial charge in [0.1, 0.15) is 0 Å². The topological polar surface area (TPSA) is 20.3 Å². The number of rotatable bonds is 1. The van der Waals surface area contributed by atoms with Crippen molar-refractivity contribution in [2.24, 2.45) is 0 Å². The van der Waals surface area contributed by atoms with Crippen LogP contribution in [0.15, 0.2) is 30.8 Å². The zero-order chi connectivity index (χ0) is 11.4. The van der Waals surface area contributed by atoms with E-state index in [1.54, 1.807) is 4.90 Å². The molecule has 15 heavy (non-hydrogen) atoms. The minimum Gasteiger partial charge on any atom is -0.309 e. The average molecular weight is 203 g/mol. The lowest BCUT2D eigenvalue weighted by atomic mass is 10.1. The van der Waals surface area contributed by atoms with E-state index in [-0.39, 0.29) is 5.91 Å². The molecule has 0 saturated carbocycles. The normalized spacial score (nSPS) is 13.4. The summed E-state index contributed by atoms with van der Waals surface area (Å²) in [5, 5.41) is 0. The molecule has 0 aliphatic carbocycles. The second kappa shape index (κ2) is 4.78. The SMILES string of the molecule is C=C1c2ccccc2C(=O)N1CC.CC. The molecule has 0 bridgehead atoms. The van der Waals surface area contributed by atoms with Crippen LogP contribution in [0.5, 0.6) is 0 Å². The zero-order valence-corrected chi connectivity index (χ0v) is 9.58. The summed E-state index contributed by atoms with van der Waals surface area (Å²) in [5.41, 5.74) is 2.56. The molecule has 2 rings (SSSR count). The van der Waals surface area contributed by atoms with Crippen molar-refractivity contribution in [3.63, 3.8) is 0 Å². The molecule has 1 heterocycles. The smallest absolute Gasteiger partial charge is 0.258 e. The molecule has 2 nitrogen and oxygen atoms in total. The second-order valence-electron chi connectivity index (χ2n) is 3.04. The summed E-state index contributed by atoms with van der Waals surface area (Å²) < 4.78 is 0. The largest absolute Gasteiger partial charge is 0.309 e. The number of nitrogens with zero attached hydrogens (tertiary/aromatic N) is 1. The van der Waals surface area contributed by atoms with E-state index in [0.717, 1.165) is 16.8 Å². The summed E-state index contributed by atoms with van der Waals surface area (Å²) in [6.07, 6.45) is 0. The summed E-state index contributed by atoms with van der Waals surface area (Å²) in [5.74, 6) is 0.0723. The van der Waals surface area contributed by atoms with E-state index in [1.807, 2.05) is 45.0 Å². The Labute approximate surface area is 91.2 Å². The molecule has 0 atom stereocenters. The first kappa shape index (κ1) is 11.5. The van der Waals surface area contributed by atoms with Gasteiger partial charge < -0.3 is 4.90 Å². The number of carbonyl (C=O) groups is 1. The molecular weight excluding hydrogens is 186 g/mol. The molecule has 1 amide bonds. The molecule has 1 aromatic carbocycles. The van der Waals surface area contributed by atoms with Crippen LogP contribution in [0.4, 0.5) is 0 Å².